The van der Waals surface area contributed by atoms with Gasteiger partial charge in [0.2, 0.25) is 0 Å². The smallest absolute Gasteiger partial charge is 0.192 e. The summed E-state index contributed by atoms with van der Waals surface area (Å²) in [6, 6.07) is 15.7. The van der Waals surface area contributed by atoms with Gasteiger partial charge in [0.1, 0.15) is 0 Å². The molecule has 0 radical (unpaired) electrons. The highest BCUT2D eigenvalue weighted by Gasteiger charge is 2.83. The maximum Gasteiger partial charge on any atom is 0.192 e. The van der Waals surface area contributed by atoms with Gasteiger partial charge in [0.05, 0.1) is 0 Å². The number of hydrogen-bond acceptors (Lipinski definition) is 6. The molecule has 6 nitrogen and oxygen atoms in total. The molecule has 0 amide bonds. The molecule has 4 heterocycles. The van der Waals surface area contributed by atoms with Crippen LogP contribution in [0, 0.1) is 22.7 Å². The lowest BCUT2D eigenvalue weighted by molar-refractivity contribution is 0.0408. The van der Waals surface area contributed by atoms with Gasteiger partial charge in [0.15, 0.2) is 34.2 Å². The second-order valence-electron chi connectivity index (χ2n) is 14.1. The van der Waals surface area contributed by atoms with E-state index in [1.165, 1.54) is 0 Å². The molecule has 2 saturated carbocycles. The Bertz CT molecular complexity index is 1410. The number of benzene rings is 2. The van der Waals surface area contributed by atoms with Crippen LogP contribution in [0.3, 0.4) is 0 Å². The fourth-order valence-electron chi connectivity index (χ4n) is 11.0. The number of piperidine rings is 2. The molecule has 2 spiro atoms. The van der Waals surface area contributed by atoms with Gasteiger partial charge >= 0.3 is 0 Å². The quantitative estimate of drug-likeness (QED) is 0.460. The molecule has 6 heteroatoms. The molecule has 6 atom stereocenters. The van der Waals surface area contributed by atoms with Crippen molar-refractivity contribution in [2.75, 3.05) is 13.1 Å². The van der Waals surface area contributed by atoms with Gasteiger partial charge in [-0.05, 0) is 63.5 Å². The average Bonchev–Trinajstić information content (AvgIpc) is 3.41. The second kappa shape index (κ2) is 7.08. The number of hydrogen-bond donors (Lipinski definition) is 0. The van der Waals surface area contributed by atoms with Crippen molar-refractivity contribution in [3.8, 4) is 0 Å². The molecule has 4 saturated heterocycles. The van der Waals surface area contributed by atoms with Gasteiger partial charge < -0.3 is 0 Å². The van der Waals surface area contributed by atoms with E-state index in [0.29, 0.717) is 46.2 Å². The van der Waals surface area contributed by atoms with Crippen LogP contribution in [0.1, 0.15) is 93.8 Å². The SMILES string of the molecule is C[C@]12C[C@H]1[C@H]1CCCN1C21C(=O)c2ccccc2C1=O.C[C@]12C[C@H]1[C@H]1CCCN1C21C(=O)c2ccccc2C1=O. The van der Waals surface area contributed by atoms with E-state index >= 15 is 0 Å². The van der Waals surface area contributed by atoms with Crippen molar-refractivity contribution >= 4 is 23.1 Å². The number of rotatable bonds is 0. The zero-order valence-corrected chi connectivity index (χ0v) is 23.1. The summed E-state index contributed by atoms with van der Waals surface area (Å²) >= 11 is 0. The largest absolute Gasteiger partial charge is 0.291 e. The first kappa shape index (κ1) is 23.7. The normalized spacial score (nSPS) is 40.0. The van der Waals surface area contributed by atoms with Gasteiger partial charge in [-0.2, -0.15) is 0 Å². The summed E-state index contributed by atoms with van der Waals surface area (Å²) in [5, 5.41) is 0. The van der Waals surface area contributed by atoms with Crippen molar-refractivity contribution in [1.82, 2.24) is 9.80 Å². The Labute approximate surface area is 234 Å². The number of carbonyl (C=O) groups excluding carboxylic acids is 4. The highest BCUT2D eigenvalue weighted by atomic mass is 16.2. The van der Waals surface area contributed by atoms with E-state index in [1.807, 2.05) is 48.5 Å². The Morgan fingerprint density at radius 3 is 1.23 bits per heavy atom. The number of carbonyl (C=O) groups is 4. The van der Waals surface area contributed by atoms with E-state index in [2.05, 4.69) is 23.6 Å². The third-order valence-electron chi connectivity index (χ3n) is 12.8. The van der Waals surface area contributed by atoms with Crippen LogP contribution in [0.15, 0.2) is 48.5 Å². The molecule has 8 aliphatic rings. The van der Waals surface area contributed by atoms with Crippen LogP contribution >= 0.6 is 0 Å². The Morgan fingerprint density at radius 2 is 0.900 bits per heavy atom. The van der Waals surface area contributed by atoms with E-state index in [0.717, 1.165) is 51.6 Å². The van der Waals surface area contributed by atoms with Crippen molar-refractivity contribution in [2.45, 2.75) is 75.5 Å². The minimum absolute atomic E-state index is 0.0764. The molecule has 4 aliphatic heterocycles. The minimum atomic E-state index is -0.859. The average molecular weight is 535 g/mol. The summed E-state index contributed by atoms with van der Waals surface area (Å²) in [5.74, 6) is 1.40. The predicted octanol–water partition coefficient (Wildman–Crippen LogP) is 4.62. The molecule has 2 aromatic rings. The van der Waals surface area contributed by atoms with Gasteiger partial charge in [0.25, 0.3) is 0 Å². The Hall–Kier alpha value is -2.96. The molecule has 0 N–H and O–H groups in total. The van der Waals surface area contributed by atoms with Crippen molar-refractivity contribution < 1.29 is 19.2 Å². The standard InChI is InChI=1S/2C17H17NO2/c2*1-16-9-12(16)13-7-4-8-18(13)17(16)14(19)10-5-2-3-6-11(10)15(17)20/h2*2-3,5-6,12-13H,4,7-9H2,1H3/t2*12-,13+,16-/m00/s1. The van der Waals surface area contributed by atoms with Crippen molar-refractivity contribution in [3.05, 3.63) is 70.8 Å². The maximum absolute atomic E-state index is 13.2. The van der Waals surface area contributed by atoms with Gasteiger partial charge in [-0.1, -0.05) is 62.4 Å². The van der Waals surface area contributed by atoms with E-state index in [4.69, 9.17) is 0 Å². The fourth-order valence-corrected chi connectivity index (χ4v) is 11.0. The van der Waals surface area contributed by atoms with E-state index in [9.17, 15) is 19.2 Å². The second-order valence-corrected chi connectivity index (χ2v) is 14.1. The van der Waals surface area contributed by atoms with E-state index in [-0.39, 0.29) is 34.0 Å². The first-order valence-corrected chi connectivity index (χ1v) is 15.2. The Morgan fingerprint density at radius 1 is 0.575 bits per heavy atom. The molecule has 6 fully saturated rings. The lowest BCUT2D eigenvalue weighted by Gasteiger charge is -2.38. The molecule has 10 rings (SSSR count). The first-order valence-electron chi connectivity index (χ1n) is 15.2. The van der Waals surface area contributed by atoms with Gasteiger partial charge in [-0.25, -0.2) is 0 Å². The fraction of sp³-hybridized carbons (Fsp3) is 0.529. The zero-order chi connectivity index (χ0) is 27.4. The van der Waals surface area contributed by atoms with Crippen LogP contribution < -0.4 is 0 Å². The molecule has 0 aromatic heterocycles. The molecule has 0 unspecified atom stereocenters. The Kier molecular flexibility index (Phi) is 4.20. The highest BCUT2D eigenvalue weighted by Crippen LogP contribution is 2.74. The third-order valence-corrected chi connectivity index (χ3v) is 12.8. The summed E-state index contributed by atoms with van der Waals surface area (Å²) in [5.41, 5.74) is 0.643. The predicted molar refractivity (Wildman–Crippen MR) is 148 cm³/mol. The topological polar surface area (TPSA) is 74.8 Å². The number of Topliss-reactive ketones (excluding diaryl/α,β-unsaturated/α-hetero) is 4. The van der Waals surface area contributed by atoms with E-state index < -0.39 is 11.1 Å². The Balaban J connectivity index is 0.000000115. The maximum atomic E-state index is 13.2. The molecule has 204 valence electrons. The summed E-state index contributed by atoms with van der Waals surface area (Å²) in [4.78, 5) is 57.2. The summed E-state index contributed by atoms with van der Waals surface area (Å²) in [7, 11) is 0. The molecule has 40 heavy (non-hydrogen) atoms. The number of nitrogens with zero attached hydrogens (tertiary/aromatic N) is 2. The monoisotopic (exact) mass is 534 g/mol. The molecule has 2 aromatic carbocycles. The van der Waals surface area contributed by atoms with Crippen LogP contribution in [0.5, 0.6) is 0 Å². The zero-order valence-electron chi connectivity index (χ0n) is 23.1. The lowest BCUT2D eigenvalue weighted by atomic mass is 9.77. The van der Waals surface area contributed by atoms with Gasteiger partial charge in [0, 0.05) is 45.2 Å². The van der Waals surface area contributed by atoms with Crippen LogP contribution in [0.2, 0.25) is 0 Å². The van der Waals surface area contributed by atoms with Crippen LogP contribution in [0.25, 0.3) is 0 Å². The number of ketones is 4. The van der Waals surface area contributed by atoms with Crippen LogP contribution in [0.4, 0.5) is 0 Å². The van der Waals surface area contributed by atoms with Crippen LogP contribution in [-0.2, 0) is 0 Å². The minimum Gasteiger partial charge on any atom is -0.291 e. The summed E-state index contributed by atoms with van der Waals surface area (Å²) < 4.78 is 0. The lowest BCUT2D eigenvalue weighted by Crippen LogP contribution is -2.59. The number of fused-ring (bicyclic) bond motifs is 12. The van der Waals surface area contributed by atoms with Gasteiger partial charge in [-0.3, -0.25) is 29.0 Å². The van der Waals surface area contributed by atoms with Crippen molar-refractivity contribution in [1.29, 1.82) is 0 Å². The van der Waals surface area contributed by atoms with Crippen LogP contribution in [-0.4, -0.2) is 69.2 Å². The van der Waals surface area contributed by atoms with Crippen molar-refractivity contribution in [2.24, 2.45) is 22.7 Å². The first-order chi connectivity index (χ1) is 19.2. The molecular formula is C34H34N2O4. The molecule has 0 bridgehead atoms. The third kappa shape index (κ3) is 2.23. The van der Waals surface area contributed by atoms with Gasteiger partial charge in [-0.15, -0.1) is 0 Å². The molecular weight excluding hydrogens is 500 g/mol. The summed E-state index contributed by atoms with van der Waals surface area (Å²) in [6.07, 6.45) is 6.63. The highest BCUT2D eigenvalue weighted by molar-refractivity contribution is 6.35. The van der Waals surface area contributed by atoms with Crippen molar-refractivity contribution in [3.63, 3.8) is 0 Å². The molecule has 4 aliphatic carbocycles. The van der Waals surface area contributed by atoms with E-state index in [1.54, 1.807) is 0 Å². The summed E-state index contributed by atoms with van der Waals surface area (Å²) in [6.45, 7) is 6.14.